The molecule has 2 aromatic rings. The topological polar surface area (TPSA) is 46.5 Å². The molecule has 0 bridgehead atoms. The summed E-state index contributed by atoms with van der Waals surface area (Å²) in [5.41, 5.74) is -0.866. The number of rotatable bonds is 3. The summed E-state index contributed by atoms with van der Waals surface area (Å²) >= 11 is 1.50. The van der Waals surface area contributed by atoms with Crippen LogP contribution in [0.5, 0.6) is 5.75 Å². The molecule has 3 nitrogen and oxygen atoms in total. The van der Waals surface area contributed by atoms with E-state index in [1.165, 1.54) is 11.3 Å². The van der Waals surface area contributed by atoms with Gasteiger partial charge < -0.3 is 9.84 Å². The van der Waals surface area contributed by atoms with E-state index < -0.39 is 11.4 Å². The molecule has 2 rings (SSSR count). The molecule has 0 fully saturated rings. The fourth-order valence-corrected chi connectivity index (χ4v) is 2.80. The maximum absolute atomic E-state index is 11.2. The van der Waals surface area contributed by atoms with Crippen molar-refractivity contribution in [3.8, 4) is 5.75 Å². The van der Waals surface area contributed by atoms with Gasteiger partial charge in [-0.3, -0.25) is 4.79 Å². The van der Waals surface area contributed by atoms with Crippen molar-refractivity contribution in [2.24, 2.45) is 0 Å². The number of benzene rings is 1. The molecule has 0 spiro atoms. The van der Waals surface area contributed by atoms with Crippen LogP contribution < -0.4 is 4.74 Å². The number of hydrogen-bond donors (Lipinski definition) is 1. The highest BCUT2D eigenvalue weighted by Gasteiger charge is 2.31. The number of ether oxygens (including phenoxy) is 1. The Bertz CT molecular complexity index is 569. The highest BCUT2D eigenvalue weighted by molar-refractivity contribution is 7.19. The first-order chi connectivity index (χ1) is 7.96. The number of thiophene rings is 1. The van der Waals surface area contributed by atoms with Crippen LogP contribution in [0.25, 0.3) is 10.1 Å². The number of carbonyl (C=O) groups is 1. The summed E-state index contributed by atoms with van der Waals surface area (Å²) in [6, 6.07) is 7.68. The monoisotopic (exact) mass is 250 g/mol. The van der Waals surface area contributed by atoms with Crippen LogP contribution in [0.1, 0.15) is 18.7 Å². The molecule has 1 aromatic heterocycles. The van der Waals surface area contributed by atoms with E-state index in [0.717, 1.165) is 20.7 Å². The Kier molecular flexibility index (Phi) is 2.83. The van der Waals surface area contributed by atoms with Crippen molar-refractivity contribution < 1.29 is 14.6 Å². The normalized spacial score (nSPS) is 11.7. The Labute approximate surface area is 104 Å². The van der Waals surface area contributed by atoms with Crippen LogP contribution >= 0.6 is 11.3 Å². The molecular weight excluding hydrogens is 236 g/mol. The molecule has 1 aromatic carbocycles. The van der Waals surface area contributed by atoms with E-state index in [2.05, 4.69) is 0 Å². The number of aliphatic carboxylic acids is 1. The zero-order valence-corrected chi connectivity index (χ0v) is 10.8. The van der Waals surface area contributed by atoms with Gasteiger partial charge in [0.25, 0.3) is 0 Å². The molecule has 0 saturated carbocycles. The zero-order chi connectivity index (χ0) is 12.6. The molecule has 0 atom stereocenters. The first-order valence-electron chi connectivity index (χ1n) is 5.27. The van der Waals surface area contributed by atoms with Crippen molar-refractivity contribution in [3.63, 3.8) is 0 Å². The van der Waals surface area contributed by atoms with Gasteiger partial charge in [-0.05, 0) is 32.0 Å². The Balaban J connectivity index is 2.63. The molecule has 0 radical (unpaired) electrons. The van der Waals surface area contributed by atoms with Gasteiger partial charge in [0, 0.05) is 15.0 Å². The largest absolute Gasteiger partial charge is 0.496 e. The molecule has 0 unspecified atom stereocenters. The highest BCUT2D eigenvalue weighted by atomic mass is 32.1. The fourth-order valence-electron chi connectivity index (χ4n) is 1.63. The lowest BCUT2D eigenvalue weighted by molar-refractivity contribution is -0.142. The molecule has 0 aliphatic rings. The third-order valence-corrected chi connectivity index (χ3v) is 4.32. The molecule has 4 heteroatoms. The predicted octanol–water partition coefficient (Wildman–Crippen LogP) is 3.27. The predicted molar refractivity (Wildman–Crippen MR) is 69.0 cm³/mol. The van der Waals surface area contributed by atoms with Crippen LogP contribution in [0.4, 0.5) is 0 Å². The molecule has 0 aliphatic heterocycles. The van der Waals surface area contributed by atoms with Crippen LogP contribution in [0.3, 0.4) is 0 Å². The van der Waals surface area contributed by atoms with Gasteiger partial charge >= 0.3 is 5.97 Å². The second kappa shape index (κ2) is 4.04. The average molecular weight is 250 g/mol. The van der Waals surface area contributed by atoms with Crippen molar-refractivity contribution >= 4 is 27.4 Å². The average Bonchev–Trinajstić information content (AvgIpc) is 2.72. The van der Waals surface area contributed by atoms with E-state index in [1.807, 2.05) is 24.3 Å². The molecule has 0 amide bonds. The van der Waals surface area contributed by atoms with Crippen LogP contribution in [0.2, 0.25) is 0 Å². The minimum Gasteiger partial charge on any atom is -0.496 e. The Morgan fingerprint density at radius 1 is 1.41 bits per heavy atom. The van der Waals surface area contributed by atoms with E-state index in [9.17, 15) is 9.90 Å². The summed E-state index contributed by atoms with van der Waals surface area (Å²) in [7, 11) is 1.62. The fraction of sp³-hybridized carbons (Fsp3) is 0.308. The number of fused-ring (bicyclic) bond motifs is 1. The Morgan fingerprint density at radius 2 is 2.12 bits per heavy atom. The van der Waals surface area contributed by atoms with Crippen molar-refractivity contribution in [3.05, 3.63) is 29.1 Å². The summed E-state index contributed by atoms with van der Waals surface area (Å²) in [5, 5.41) is 10.2. The van der Waals surface area contributed by atoms with Gasteiger partial charge in [0.2, 0.25) is 0 Å². The molecule has 0 saturated heterocycles. The second-order valence-corrected chi connectivity index (χ2v) is 5.50. The molecule has 1 heterocycles. The van der Waals surface area contributed by atoms with Gasteiger partial charge in [0.05, 0.1) is 12.5 Å². The Hall–Kier alpha value is -1.55. The SMILES string of the molecule is COc1cccc2sc(C(C)(C)C(=O)O)cc12. The van der Waals surface area contributed by atoms with Crippen LogP contribution in [-0.2, 0) is 10.2 Å². The molecule has 90 valence electrons. The highest BCUT2D eigenvalue weighted by Crippen LogP contribution is 2.38. The van der Waals surface area contributed by atoms with Gasteiger partial charge in [-0.2, -0.15) is 0 Å². The van der Waals surface area contributed by atoms with Gasteiger partial charge in [-0.1, -0.05) is 6.07 Å². The number of methoxy groups -OCH3 is 1. The standard InChI is InChI=1S/C13H14O3S/c1-13(2,12(14)15)11-7-8-9(16-3)5-4-6-10(8)17-11/h4-7H,1-3H3,(H,14,15). The quantitative estimate of drug-likeness (QED) is 0.909. The van der Waals surface area contributed by atoms with Crippen molar-refractivity contribution in [1.29, 1.82) is 0 Å². The van der Waals surface area contributed by atoms with E-state index in [0.29, 0.717) is 0 Å². The minimum absolute atomic E-state index is 0.784. The molecule has 17 heavy (non-hydrogen) atoms. The maximum atomic E-state index is 11.2. The van der Waals surface area contributed by atoms with Gasteiger partial charge in [0.1, 0.15) is 5.75 Å². The summed E-state index contributed by atoms with van der Waals surface area (Å²) in [5.74, 6) is -0.0331. The smallest absolute Gasteiger partial charge is 0.314 e. The molecule has 1 N–H and O–H groups in total. The Morgan fingerprint density at radius 3 is 2.71 bits per heavy atom. The molecular formula is C13H14O3S. The number of hydrogen-bond acceptors (Lipinski definition) is 3. The zero-order valence-electron chi connectivity index (χ0n) is 9.98. The third-order valence-electron chi connectivity index (χ3n) is 2.89. The second-order valence-electron chi connectivity index (χ2n) is 4.41. The van der Waals surface area contributed by atoms with Gasteiger partial charge in [-0.25, -0.2) is 0 Å². The number of carboxylic acids is 1. The van der Waals surface area contributed by atoms with E-state index in [1.54, 1.807) is 21.0 Å². The van der Waals surface area contributed by atoms with Gasteiger partial charge in [-0.15, -0.1) is 11.3 Å². The lowest BCUT2D eigenvalue weighted by atomic mass is 9.91. The van der Waals surface area contributed by atoms with Crippen LogP contribution in [-0.4, -0.2) is 18.2 Å². The van der Waals surface area contributed by atoms with Crippen molar-refractivity contribution in [1.82, 2.24) is 0 Å². The summed E-state index contributed by atoms with van der Waals surface area (Å²) < 4.78 is 6.32. The van der Waals surface area contributed by atoms with E-state index in [-0.39, 0.29) is 0 Å². The summed E-state index contributed by atoms with van der Waals surface area (Å²) in [4.78, 5) is 12.1. The van der Waals surface area contributed by atoms with E-state index in [4.69, 9.17) is 4.74 Å². The minimum atomic E-state index is -0.866. The number of carboxylic acid groups (broad SMARTS) is 1. The van der Waals surface area contributed by atoms with E-state index >= 15 is 0 Å². The first kappa shape index (κ1) is 11.9. The van der Waals surface area contributed by atoms with Crippen LogP contribution in [0.15, 0.2) is 24.3 Å². The van der Waals surface area contributed by atoms with Crippen molar-refractivity contribution in [2.75, 3.05) is 7.11 Å². The van der Waals surface area contributed by atoms with Crippen LogP contribution in [0, 0.1) is 0 Å². The van der Waals surface area contributed by atoms with Gasteiger partial charge in [0.15, 0.2) is 0 Å². The molecule has 0 aliphatic carbocycles. The summed E-state index contributed by atoms with van der Waals surface area (Å²) in [6.45, 7) is 3.43. The summed E-state index contributed by atoms with van der Waals surface area (Å²) in [6.07, 6.45) is 0. The lowest BCUT2D eigenvalue weighted by Gasteiger charge is -2.16. The lowest BCUT2D eigenvalue weighted by Crippen LogP contribution is -2.27. The van der Waals surface area contributed by atoms with Crippen molar-refractivity contribution in [2.45, 2.75) is 19.3 Å². The third kappa shape index (κ3) is 1.89. The first-order valence-corrected chi connectivity index (χ1v) is 6.09. The maximum Gasteiger partial charge on any atom is 0.314 e.